The number of halogens is 2. The number of nitrogens with two attached hydrogens (primary N) is 1. The first-order valence-corrected chi connectivity index (χ1v) is 6.42. The third-order valence-electron chi connectivity index (χ3n) is 2.78. The van der Waals surface area contributed by atoms with E-state index in [2.05, 4.69) is 0 Å². The molecule has 0 spiro atoms. The van der Waals surface area contributed by atoms with Gasteiger partial charge in [0.15, 0.2) is 0 Å². The third kappa shape index (κ3) is 3.90. The van der Waals surface area contributed by atoms with Crippen LogP contribution in [0.25, 0.3) is 0 Å². The molecule has 0 aliphatic rings. The SMILES string of the molecule is NCc1ccc(OCc2cc(F)cc([N+](=O)[O-])c2)c(Cl)c1. The van der Waals surface area contributed by atoms with Crippen LogP contribution in [0.2, 0.25) is 5.02 Å². The number of nitrogens with zero attached hydrogens (tertiary/aromatic N) is 1. The van der Waals surface area contributed by atoms with Crippen molar-refractivity contribution < 1.29 is 14.1 Å². The smallest absolute Gasteiger partial charge is 0.272 e. The highest BCUT2D eigenvalue weighted by Gasteiger charge is 2.11. The molecule has 0 radical (unpaired) electrons. The molecule has 0 bridgehead atoms. The van der Waals surface area contributed by atoms with Gasteiger partial charge in [-0.15, -0.1) is 0 Å². The molecule has 0 atom stereocenters. The summed E-state index contributed by atoms with van der Waals surface area (Å²) < 4.78 is 18.7. The summed E-state index contributed by atoms with van der Waals surface area (Å²) in [5.41, 5.74) is 6.37. The van der Waals surface area contributed by atoms with Crippen LogP contribution < -0.4 is 10.5 Å². The third-order valence-corrected chi connectivity index (χ3v) is 3.07. The molecule has 0 heterocycles. The zero-order valence-electron chi connectivity index (χ0n) is 10.9. The Morgan fingerprint density at radius 2 is 2.00 bits per heavy atom. The summed E-state index contributed by atoms with van der Waals surface area (Å²) in [6, 6.07) is 8.37. The average Bonchev–Trinajstić information content (AvgIpc) is 2.45. The van der Waals surface area contributed by atoms with Crippen LogP contribution in [0, 0.1) is 15.9 Å². The lowest BCUT2D eigenvalue weighted by Gasteiger charge is -2.09. The lowest BCUT2D eigenvalue weighted by atomic mass is 10.2. The van der Waals surface area contributed by atoms with E-state index in [0.29, 0.717) is 22.9 Å². The molecule has 0 aliphatic heterocycles. The second-order valence-corrected chi connectivity index (χ2v) is 4.74. The van der Waals surface area contributed by atoms with Crippen LogP contribution >= 0.6 is 11.6 Å². The van der Waals surface area contributed by atoms with Gasteiger partial charge >= 0.3 is 0 Å². The van der Waals surface area contributed by atoms with E-state index >= 15 is 0 Å². The Morgan fingerprint density at radius 1 is 1.24 bits per heavy atom. The molecule has 2 N–H and O–H groups in total. The van der Waals surface area contributed by atoms with E-state index in [0.717, 1.165) is 11.6 Å². The number of hydrogen-bond donors (Lipinski definition) is 1. The Balaban J connectivity index is 2.14. The normalized spacial score (nSPS) is 10.4. The van der Waals surface area contributed by atoms with Gasteiger partial charge in [0.05, 0.1) is 16.0 Å². The summed E-state index contributed by atoms with van der Waals surface area (Å²) in [7, 11) is 0. The highest BCUT2D eigenvalue weighted by Crippen LogP contribution is 2.26. The first-order chi connectivity index (χ1) is 9.99. The van der Waals surface area contributed by atoms with E-state index in [-0.39, 0.29) is 12.3 Å². The Bertz CT molecular complexity index is 679. The number of nitro groups is 1. The maximum Gasteiger partial charge on any atom is 0.272 e. The summed E-state index contributed by atoms with van der Waals surface area (Å²) in [5, 5.41) is 11.0. The molecule has 110 valence electrons. The number of rotatable bonds is 5. The van der Waals surface area contributed by atoms with Crippen molar-refractivity contribution in [2.45, 2.75) is 13.2 Å². The van der Waals surface area contributed by atoms with Crippen LogP contribution in [0.3, 0.4) is 0 Å². The molecule has 0 saturated heterocycles. The Labute approximate surface area is 125 Å². The highest BCUT2D eigenvalue weighted by atomic mass is 35.5. The van der Waals surface area contributed by atoms with Gasteiger partial charge in [-0.2, -0.15) is 0 Å². The minimum absolute atomic E-state index is 0.0275. The molecule has 0 aliphatic carbocycles. The zero-order chi connectivity index (χ0) is 15.4. The van der Waals surface area contributed by atoms with Crippen molar-refractivity contribution in [2.75, 3.05) is 0 Å². The highest BCUT2D eigenvalue weighted by molar-refractivity contribution is 6.32. The second-order valence-electron chi connectivity index (χ2n) is 4.33. The molecule has 2 rings (SSSR count). The van der Waals surface area contributed by atoms with Crippen LogP contribution in [0.5, 0.6) is 5.75 Å². The van der Waals surface area contributed by atoms with E-state index < -0.39 is 10.7 Å². The first kappa shape index (κ1) is 15.2. The van der Waals surface area contributed by atoms with Gasteiger partial charge < -0.3 is 10.5 Å². The number of ether oxygens (including phenoxy) is 1. The molecular formula is C14H12ClFN2O3. The van der Waals surface area contributed by atoms with Crippen LogP contribution in [0.1, 0.15) is 11.1 Å². The van der Waals surface area contributed by atoms with Crippen molar-refractivity contribution in [2.24, 2.45) is 5.73 Å². The summed E-state index contributed by atoms with van der Waals surface area (Å²) in [6.45, 7) is 0.330. The molecule has 5 nitrogen and oxygen atoms in total. The fourth-order valence-corrected chi connectivity index (χ4v) is 2.03. The van der Waals surface area contributed by atoms with E-state index in [9.17, 15) is 14.5 Å². The predicted molar refractivity (Wildman–Crippen MR) is 76.7 cm³/mol. The molecule has 0 saturated carbocycles. The standard InChI is InChI=1S/C14H12ClFN2O3/c15-13-5-9(7-17)1-2-14(13)21-8-10-3-11(16)6-12(4-10)18(19)20/h1-6H,7-8,17H2. The van der Waals surface area contributed by atoms with Gasteiger partial charge in [-0.05, 0) is 29.3 Å². The van der Waals surface area contributed by atoms with E-state index in [1.165, 1.54) is 12.1 Å². The van der Waals surface area contributed by atoms with Gasteiger partial charge in [-0.3, -0.25) is 10.1 Å². The van der Waals surface area contributed by atoms with Crippen molar-refractivity contribution in [1.29, 1.82) is 0 Å². The average molecular weight is 311 g/mol. The Morgan fingerprint density at radius 3 is 2.62 bits per heavy atom. The summed E-state index contributed by atoms with van der Waals surface area (Å²) in [4.78, 5) is 10.0. The number of nitro benzene ring substituents is 1. The fourth-order valence-electron chi connectivity index (χ4n) is 1.77. The number of hydrogen-bond acceptors (Lipinski definition) is 4. The van der Waals surface area contributed by atoms with Gasteiger partial charge in [-0.1, -0.05) is 17.7 Å². The molecule has 0 unspecified atom stereocenters. The van der Waals surface area contributed by atoms with E-state index in [1.54, 1.807) is 18.2 Å². The second kappa shape index (κ2) is 6.51. The molecule has 0 fully saturated rings. The van der Waals surface area contributed by atoms with Gasteiger partial charge in [0, 0.05) is 12.6 Å². The van der Waals surface area contributed by atoms with Gasteiger partial charge in [0.1, 0.15) is 18.2 Å². The van der Waals surface area contributed by atoms with Crippen molar-refractivity contribution in [1.82, 2.24) is 0 Å². The van der Waals surface area contributed by atoms with Crippen molar-refractivity contribution in [3.8, 4) is 5.75 Å². The summed E-state index contributed by atoms with van der Waals surface area (Å²) >= 11 is 6.02. The maximum absolute atomic E-state index is 13.3. The predicted octanol–water partition coefficient (Wildman–Crippen LogP) is 3.43. The molecule has 2 aromatic carbocycles. The van der Waals surface area contributed by atoms with Crippen LogP contribution in [0.4, 0.5) is 10.1 Å². The molecular weight excluding hydrogens is 299 g/mol. The van der Waals surface area contributed by atoms with Crippen LogP contribution in [-0.2, 0) is 13.2 Å². The van der Waals surface area contributed by atoms with Crippen LogP contribution in [-0.4, -0.2) is 4.92 Å². The van der Waals surface area contributed by atoms with Gasteiger partial charge in [0.25, 0.3) is 5.69 Å². The number of benzene rings is 2. The van der Waals surface area contributed by atoms with E-state index in [1.807, 2.05) is 0 Å². The van der Waals surface area contributed by atoms with E-state index in [4.69, 9.17) is 22.1 Å². The first-order valence-electron chi connectivity index (χ1n) is 6.04. The van der Waals surface area contributed by atoms with Gasteiger partial charge in [0.2, 0.25) is 0 Å². The minimum atomic E-state index is -0.688. The topological polar surface area (TPSA) is 78.4 Å². The molecule has 2 aromatic rings. The molecule has 0 amide bonds. The maximum atomic E-state index is 13.3. The lowest BCUT2D eigenvalue weighted by molar-refractivity contribution is -0.385. The quantitative estimate of drug-likeness (QED) is 0.678. The molecule has 21 heavy (non-hydrogen) atoms. The van der Waals surface area contributed by atoms with Crippen LogP contribution in [0.15, 0.2) is 36.4 Å². The molecule has 7 heteroatoms. The van der Waals surface area contributed by atoms with Crippen molar-refractivity contribution >= 4 is 17.3 Å². The van der Waals surface area contributed by atoms with Gasteiger partial charge in [-0.25, -0.2) is 4.39 Å². The number of non-ortho nitro benzene ring substituents is 1. The summed E-state index contributed by atoms with van der Waals surface area (Å²) in [6.07, 6.45) is 0. The molecule has 0 aromatic heterocycles. The monoisotopic (exact) mass is 310 g/mol. The zero-order valence-corrected chi connectivity index (χ0v) is 11.6. The Hall–Kier alpha value is -2.18. The van der Waals surface area contributed by atoms with Crippen molar-refractivity contribution in [3.05, 3.63) is 68.5 Å². The van der Waals surface area contributed by atoms with Crippen molar-refractivity contribution in [3.63, 3.8) is 0 Å². The fraction of sp³-hybridized carbons (Fsp3) is 0.143. The summed E-state index contributed by atoms with van der Waals surface area (Å²) in [5.74, 6) is -0.284. The minimum Gasteiger partial charge on any atom is -0.487 e. The largest absolute Gasteiger partial charge is 0.487 e. The lowest BCUT2D eigenvalue weighted by Crippen LogP contribution is -2.00. The Kier molecular flexibility index (Phi) is 4.72.